The van der Waals surface area contributed by atoms with E-state index in [1.165, 1.54) is 6.42 Å². The number of carbonyl (C=O) groups is 3. The minimum absolute atomic E-state index is 0.000738. The lowest BCUT2D eigenvalue weighted by Crippen LogP contribution is -2.59. The van der Waals surface area contributed by atoms with Crippen LogP contribution in [0.15, 0.2) is 0 Å². The fourth-order valence-electron chi connectivity index (χ4n) is 2.34. The van der Waals surface area contributed by atoms with Crippen LogP contribution >= 0.6 is 0 Å². The SMILES string of the molecule is CC.CCC.CCCC(=O)N1CN(C(=O)CCC)CN(C(=O)CCC)C1. The summed E-state index contributed by atoms with van der Waals surface area (Å²) < 4.78 is 0. The van der Waals surface area contributed by atoms with Crippen molar-refractivity contribution in [2.45, 2.75) is 93.4 Å². The smallest absolute Gasteiger partial charge is 0.225 e. The van der Waals surface area contributed by atoms with Gasteiger partial charge in [0.25, 0.3) is 0 Å². The Morgan fingerprint density at radius 3 is 0.923 bits per heavy atom. The molecule has 0 saturated carbocycles. The molecule has 0 atom stereocenters. The summed E-state index contributed by atoms with van der Waals surface area (Å²) in [7, 11) is 0. The van der Waals surface area contributed by atoms with Crippen molar-refractivity contribution in [3.05, 3.63) is 0 Å². The second-order valence-corrected chi connectivity index (χ2v) is 6.18. The van der Waals surface area contributed by atoms with Gasteiger partial charge in [-0.05, 0) is 19.3 Å². The molecule has 1 aliphatic rings. The number of amides is 3. The van der Waals surface area contributed by atoms with Crippen LogP contribution in [0, 0.1) is 0 Å². The monoisotopic (exact) mass is 371 g/mol. The predicted octanol–water partition coefficient (Wildman–Crippen LogP) is 4.20. The molecule has 6 nitrogen and oxygen atoms in total. The minimum atomic E-state index is 0.000738. The Kier molecular flexibility index (Phi) is 17.3. The first-order chi connectivity index (χ1) is 12.4. The third-order valence-electron chi connectivity index (χ3n) is 3.47. The van der Waals surface area contributed by atoms with Gasteiger partial charge in [-0.2, -0.15) is 0 Å². The number of hydrogen-bond acceptors (Lipinski definition) is 3. The van der Waals surface area contributed by atoms with Gasteiger partial charge in [0.1, 0.15) is 0 Å². The highest BCUT2D eigenvalue weighted by Crippen LogP contribution is 2.13. The molecule has 154 valence electrons. The van der Waals surface area contributed by atoms with Crippen LogP contribution in [0.25, 0.3) is 0 Å². The molecule has 1 rings (SSSR count). The van der Waals surface area contributed by atoms with Gasteiger partial charge in [0, 0.05) is 19.3 Å². The molecule has 0 radical (unpaired) electrons. The molecule has 1 fully saturated rings. The first-order valence-corrected chi connectivity index (χ1v) is 10.3. The lowest BCUT2D eigenvalue weighted by atomic mass is 10.2. The molecular formula is C20H41N3O3. The molecule has 0 aromatic heterocycles. The maximum atomic E-state index is 12.1. The molecule has 0 aromatic carbocycles. The summed E-state index contributed by atoms with van der Waals surface area (Å²) in [6.07, 6.45) is 4.90. The molecule has 0 unspecified atom stereocenters. The molecular weight excluding hydrogens is 330 g/mol. The van der Waals surface area contributed by atoms with Gasteiger partial charge in [-0.1, -0.05) is 54.9 Å². The zero-order valence-electron chi connectivity index (χ0n) is 18.1. The van der Waals surface area contributed by atoms with Gasteiger partial charge >= 0.3 is 0 Å². The average Bonchev–Trinajstić information content (AvgIpc) is 2.64. The second-order valence-electron chi connectivity index (χ2n) is 6.18. The molecule has 3 amide bonds. The van der Waals surface area contributed by atoms with Crippen molar-refractivity contribution in [1.29, 1.82) is 0 Å². The fraction of sp³-hybridized carbons (Fsp3) is 0.850. The third-order valence-corrected chi connectivity index (χ3v) is 3.47. The summed E-state index contributed by atoms with van der Waals surface area (Å²) in [5, 5.41) is 0. The van der Waals surface area contributed by atoms with E-state index in [1.807, 2.05) is 34.6 Å². The van der Waals surface area contributed by atoms with E-state index in [-0.39, 0.29) is 17.7 Å². The number of nitrogens with zero attached hydrogens (tertiary/aromatic N) is 3. The van der Waals surface area contributed by atoms with E-state index < -0.39 is 0 Å². The lowest BCUT2D eigenvalue weighted by molar-refractivity contribution is -0.158. The Balaban J connectivity index is 0. The highest BCUT2D eigenvalue weighted by atomic mass is 16.2. The largest absolute Gasteiger partial charge is 0.307 e. The average molecular weight is 372 g/mol. The molecule has 1 aliphatic heterocycles. The van der Waals surface area contributed by atoms with Gasteiger partial charge in [0.2, 0.25) is 17.7 Å². The van der Waals surface area contributed by atoms with Gasteiger partial charge in [-0.25, -0.2) is 0 Å². The van der Waals surface area contributed by atoms with Crippen molar-refractivity contribution in [3.63, 3.8) is 0 Å². The van der Waals surface area contributed by atoms with E-state index in [0.29, 0.717) is 39.3 Å². The molecule has 1 saturated heterocycles. The predicted molar refractivity (Wildman–Crippen MR) is 107 cm³/mol. The Morgan fingerprint density at radius 2 is 0.769 bits per heavy atom. The molecule has 0 spiro atoms. The van der Waals surface area contributed by atoms with Crippen molar-refractivity contribution in [3.8, 4) is 0 Å². The van der Waals surface area contributed by atoms with E-state index in [0.717, 1.165) is 19.3 Å². The van der Waals surface area contributed by atoms with E-state index >= 15 is 0 Å². The zero-order chi connectivity index (χ0) is 20.5. The Morgan fingerprint density at radius 1 is 0.577 bits per heavy atom. The fourth-order valence-corrected chi connectivity index (χ4v) is 2.34. The summed E-state index contributed by atoms with van der Waals surface area (Å²) in [4.78, 5) is 41.1. The summed E-state index contributed by atoms with van der Waals surface area (Å²) in [5.41, 5.74) is 0. The number of carbonyl (C=O) groups excluding carboxylic acids is 3. The van der Waals surface area contributed by atoms with Crippen molar-refractivity contribution in [2.24, 2.45) is 0 Å². The molecule has 0 aliphatic carbocycles. The second kappa shape index (κ2) is 16.9. The molecule has 0 aromatic rings. The van der Waals surface area contributed by atoms with Crippen LogP contribution in [0.4, 0.5) is 0 Å². The van der Waals surface area contributed by atoms with Crippen molar-refractivity contribution >= 4 is 17.7 Å². The molecule has 26 heavy (non-hydrogen) atoms. The number of hydrogen-bond donors (Lipinski definition) is 0. The topological polar surface area (TPSA) is 60.9 Å². The van der Waals surface area contributed by atoms with Crippen molar-refractivity contribution in [1.82, 2.24) is 14.7 Å². The maximum Gasteiger partial charge on any atom is 0.225 e. The third kappa shape index (κ3) is 10.4. The van der Waals surface area contributed by atoms with Crippen LogP contribution in [0.5, 0.6) is 0 Å². The molecule has 0 bridgehead atoms. The standard InChI is InChI=1S/C15H27N3O3.C3H8.C2H6/c1-4-7-13(19)16-10-17(14(20)8-5-2)12-18(11-16)15(21)9-6-3;1-3-2;1-2/h4-12H2,1-3H3;3H2,1-2H3;1-2H3. The Labute approximate surface area is 160 Å². The van der Waals surface area contributed by atoms with Crippen LogP contribution in [-0.2, 0) is 14.4 Å². The summed E-state index contributed by atoms with van der Waals surface area (Å²) in [6.45, 7) is 15.0. The molecule has 6 heteroatoms. The van der Waals surface area contributed by atoms with Crippen LogP contribution in [0.1, 0.15) is 93.4 Å². The van der Waals surface area contributed by atoms with E-state index in [4.69, 9.17) is 0 Å². The van der Waals surface area contributed by atoms with Gasteiger partial charge in [0.05, 0.1) is 20.0 Å². The van der Waals surface area contributed by atoms with E-state index in [1.54, 1.807) is 14.7 Å². The highest BCUT2D eigenvalue weighted by Gasteiger charge is 2.30. The number of rotatable bonds is 6. The highest BCUT2D eigenvalue weighted by molar-refractivity contribution is 5.81. The van der Waals surface area contributed by atoms with Gasteiger partial charge < -0.3 is 14.7 Å². The summed E-state index contributed by atoms with van der Waals surface area (Å²) in [5.74, 6) is 0.00221. The lowest BCUT2D eigenvalue weighted by Gasteiger charge is -2.42. The first-order valence-electron chi connectivity index (χ1n) is 10.3. The summed E-state index contributed by atoms with van der Waals surface area (Å²) in [6, 6.07) is 0. The Hall–Kier alpha value is -1.59. The Bertz CT molecular complexity index is 337. The summed E-state index contributed by atoms with van der Waals surface area (Å²) >= 11 is 0. The molecule has 0 N–H and O–H groups in total. The van der Waals surface area contributed by atoms with Crippen LogP contribution in [0.2, 0.25) is 0 Å². The maximum absolute atomic E-state index is 12.1. The van der Waals surface area contributed by atoms with Gasteiger partial charge in [-0.3, -0.25) is 14.4 Å². The minimum Gasteiger partial charge on any atom is -0.307 e. The van der Waals surface area contributed by atoms with Crippen molar-refractivity contribution in [2.75, 3.05) is 20.0 Å². The zero-order valence-corrected chi connectivity index (χ0v) is 18.1. The quantitative estimate of drug-likeness (QED) is 0.703. The van der Waals surface area contributed by atoms with E-state index in [2.05, 4.69) is 13.8 Å². The molecule has 1 heterocycles. The van der Waals surface area contributed by atoms with Crippen LogP contribution < -0.4 is 0 Å². The van der Waals surface area contributed by atoms with Crippen molar-refractivity contribution < 1.29 is 14.4 Å². The first kappa shape index (κ1) is 26.6. The van der Waals surface area contributed by atoms with Crippen LogP contribution in [-0.4, -0.2) is 52.4 Å². The van der Waals surface area contributed by atoms with Gasteiger partial charge in [-0.15, -0.1) is 0 Å². The van der Waals surface area contributed by atoms with Crippen LogP contribution in [0.3, 0.4) is 0 Å². The normalized spacial score (nSPS) is 13.3. The van der Waals surface area contributed by atoms with Gasteiger partial charge in [0.15, 0.2) is 0 Å². The van der Waals surface area contributed by atoms with E-state index in [9.17, 15) is 14.4 Å².